The van der Waals surface area contributed by atoms with Gasteiger partial charge in [-0.25, -0.2) is 8.42 Å². The first-order valence-corrected chi connectivity index (χ1v) is 11.3. The van der Waals surface area contributed by atoms with E-state index in [-0.39, 0.29) is 28.7 Å². The van der Waals surface area contributed by atoms with E-state index in [9.17, 15) is 18.5 Å². The Labute approximate surface area is 170 Å². The van der Waals surface area contributed by atoms with Crippen molar-refractivity contribution < 1.29 is 13.2 Å². The minimum absolute atomic E-state index is 0.0688. The molecule has 29 heavy (non-hydrogen) atoms. The molecule has 1 heterocycles. The molecule has 148 valence electrons. The molecule has 0 atom stereocenters. The van der Waals surface area contributed by atoms with Gasteiger partial charge in [-0.15, -0.1) is 0 Å². The van der Waals surface area contributed by atoms with Crippen LogP contribution in [0.25, 0.3) is 17.2 Å². The predicted molar refractivity (Wildman–Crippen MR) is 112 cm³/mol. The Morgan fingerprint density at radius 2 is 2.10 bits per heavy atom. The van der Waals surface area contributed by atoms with Crippen LogP contribution in [0.1, 0.15) is 42.3 Å². The van der Waals surface area contributed by atoms with Crippen molar-refractivity contribution in [2.75, 3.05) is 10.5 Å². The summed E-state index contributed by atoms with van der Waals surface area (Å²) in [6, 6.07) is 9.08. The number of nitriles is 1. The number of carbonyl (C=O) groups excluding carboxylic acids is 1. The molecule has 2 aliphatic carbocycles. The maximum Gasteiger partial charge on any atom is 0.232 e. The average molecular weight is 407 g/mol. The van der Waals surface area contributed by atoms with E-state index in [1.165, 1.54) is 0 Å². The number of anilines is 1. The van der Waals surface area contributed by atoms with Gasteiger partial charge < -0.3 is 0 Å². The Hall–Kier alpha value is -2.98. The second kappa shape index (κ2) is 7.45. The van der Waals surface area contributed by atoms with E-state index >= 15 is 0 Å². The molecular formula is C22H21N3O3S. The van der Waals surface area contributed by atoms with Crippen LogP contribution in [0.15, 0.2) is 30.3 Å². The molecule has 0 unspecified atom stereocenters. The number of aromatic nitrogens is 1. The molecule has 1 aromatic carbocycles. The number of fused-ring (bicyclic) bond motifs is 1. The van der Waals surface area contributed by atoms with Crippen LogP contribution in [-0.2, 0) is 27.7 Å². The number of sulfonamides is 1. The number of Topliss-reactive ketones (excluding diaryl/α,β-unsaturated/α-hetero) is 1. The SMILES string of the molecule is CCS(=O)(=O)Nc1ccc(-c2cc(CC(=O)C3CC3)nc3c2C=CC3)cc1C#N. The molecule has 0 radical (unpaired) electrons. The van der Waals surface area contributed by atoms with Gasteiger partial charge in [0.1, 0.15) is 11.9 Å². The highest BCUT2D eigenvalue weighted by molar-refractivity contribution is 7.92. The zero-order valence-electron chi connectivity index (χ0n) is 16.1. The van der Waals surface area contributed by atoms with Crippen molar-refractivity contribution in [3.63, 3.8) is 0 Å². The smallest absolute Gasteiger partial charge is 0.232 e. The predicted octanol–water partition coefficient (Wildman–Crippen LogP) is 3.47. The lowest BCUT2D eigenvalue weighted by atomic mass is 9.96. The van der Waals surface area contributed by atoms with Gasteiger partial charge in [-0.05, 0) is 49.1 Å². The summed E-state index contributed by atoms with van der Waals surface area (Å²) in [5.74, 6) is 0.347. The molecule has 1 fully saturated rings. The van der Waals surface area contributed by atoms with E-state index in [2.05, 4.69) is 15.8 Å². The number of ketones is 1. The molecule has 2 aromatic rings. The van der Waals surface area contributed by atoms with Crippen molar-refractivity contribution in [3.8, 4) is 17.2 Å². The van der Waals surface area contributed by atoms with E-state index in [1.807, 2.05) is 18.2 Å². The standard InChI is InChI=1S/C22H21N3O3S/c1-2-29(27,28)25-20-9-8-15(10-16(20)13-23)19-11-17(12-22(26)14-6-7-14)24-21-5-3-4-18(19)21/h3-4,8-11,14,25H,2,5-7,12H2,1H3. The summed E-state index contributed by atoms with van der Waals surface area (Å²) in [5, 5.41) is 9.54. The number of benzene rings is 1. The molecule has 1 saturated carbocycles. The second-order valence-corrected chi connectivity index (χ2v) is 9.43. The normalized spacial score (nSPS) is 15.0. The number of nitrogens with zero attached hydrogens (tertiary/aromatic N) is 2. The highest BCUT2D eigenvalue weighted by Crippen LogP contribution is 2.35. The van der Waals surface area contributed by atoms with Gasteiger partial charge in [-0.3, -0.25) is 14.5 Å². The number of hydrogen-bond acceptors (Lipinski definition) is 5. The lowest BCUT2D eigenvalue weighted by Crippen LogP contribution is -2.15. The average Bonchev–Trinajstić information content (AvgIpc) is 3.46. The molecule has 6 nitrogen and oxygen atoms in total. The Balaban J connectivity index is 1.74. The van der Waals surface area contributed by atoms with Crippen molar-refractivity contribution in [3.05, 3.63) is 52.9 Å². The van der Waals surface area contributed by atoms with Crippen LogP contribution in [0.4, 0.5) is 5.69 Å². The lowest BCUT2D eigenvalue weighted by Gasteiger charge is -2.13. The number of rotatable bonds is 7. The van der Waals surface area contributed by atoms with Crippen molar-refractivity contribution in [2.24, 2.45) is 5.92 Å². The first kappa shape index (κ1) is 19.3. The topological polar surface area (TPSA) is 99.9 Å². The largest absolute Gasteiger partial charge is 0.299 e. The Kier molecular flexibility index (Phi) is 4.97. The molecule has 7 heteroatoms. The van der Waals surface area contributed by atoms with Crippen molar-refractivity contribution in [2.45, 2.75) is 32.6 Å². The summed E-state index contributed by atoms with van der Waals surface area (Å²) in [6.07, 6.45) is 7.02. The number of hydrogen-bond donors (Lipinski definition) is 1. The van der Waals surface area contributed by atoms with Crippen LogP contribution in [0.3, 0.4) is 0 Å². The molecule has 0 amide bonds. The Morgan fingerprint density at radius 1 is 1.31 bits per heavy atom. The third-order valence-electron chi connectivity index (χ3n) is 5.27. The molecular weight excluding hydrogens is 386 g/mol. The van der Waals surface area contributed by atoms with Crippen molar-refractivity contribution in [1.82, 2.24) is 4.98 Å². The van der Waals surface area contributed by atoms with Gasteiger partial charge in [0.25, 0.3) is 0 Å². The molecule has 0 saturated heterocycles. The first-order valence-electron chi connectivity index (χ1n) is 9.67. The van der Waals surface area contributed by atoms with Gasteiger partial charge in [0.05, 0.1) is 22.7 Å². The maximum atomic E-state index is 12.3. The number of carbonyl (C=O) groups is 1. The summed E-state index contributed by atoms with van der Waals surface area (Å²) in [4.78, 5) is 16.9. The van der Waals surface area contributed by atoms with Crippen LogP contribution in [0, 0.1) is 17.2 Å². The highest BCUT2D eigenvalue weighted by Gasteiger charge is 2.30. The highest BCUT2D eigenvalue weighted by atomic mass is 32.2. The molecule has 0 aliphatic heterocycles. The quantitative estimate of drug-likeness (QED) is 0.757. The fourth-order valence-corrected chi connectivity index (χ4v) is 4.14. The summed E-state index contributed by atoms with van der Waals surface area (Å²) in [6.45, 7) is 1.54. The summed E-state index contributed by atoms with van der Waals surface area (Å²) in [7, 11) is -3.47. The van der Waals surface area contributed by atoms with Crippen molar-refractivity contribution >= 4 is 27.6 Å². The van der Waals surface area contributed by atoms with Crippen molar-refractivity contribution in [1.29, 1.82) is 5.26 Å². The van der Waals surface area contributed by atoms with Gasteiger partial charge >= 0.3 is 0 Å². The summed E-state index contributed by atoms with van der Waals surface area (Å²) >= 11 is 0. The van der Waals surface area contributed by atoms with Crippen LogP contribution in [0.2, 0.25) is 0 Å². The Bertz CT molecular complexity index is 1170. The van der Waals surface area contributed by atoms with E-state index in [1.54, 1.807) is 25.1 Å². The van der Waals surface area contributed by atoms with Gasteiger partial charge in [-0.2, -0.15) is 5.26 Å². The molecule has 1 N–H and O–H groups in total. The van der Waals surface area contributed by atoms with Crippen LogP contribution in [0.5, 0.6) is 0 Å². The number of pyridine rings is 1. The minimum Gasteiger partial charge on any atom is -0.299 e. The van der Waals surface area contributed by atoms with Crippen LogP contribution in [-0.4, -0.2) is 24.9 Å². The molecule has 1 aromatic heterocycles. The van der Waals surface area contributed by atoms with Gasteiger partial charge in [0.15, 0.2) is 0 Å². The number of nitrogens with one attached hydrogen (secondary N) is 1. The van der Waals surface area contributed by atoms with E-state index in [4.69, 9.17) is 0 Å². The van der Waals surface area contributed by atoms with Gasteiger partial charge in [0.2, 0.25) is 10.0 Å². The van der Waals surface area contributed by atoms with Gasteiger partial charge in [0, 0.05) is 30.0 Å². The molecule has 0 spiro atoms. The number of allylic oxidation sites excluding steroid dienone is 1. The molecule has 2 aliphatic rings. The summed E-state index contributed by atoms with van der Waals surface area (Å²) in [5.41, 5.74) is 4.88. The third kappa shape index (κ3) is 4.08. The molecule has 0 bridgehead atoms. The fourth-order valence-electron chi connectivity index (χ4n) is 3.49. The van der Waals surface area contributed by atoms with Crippen LogP contribution >= 0.6 is 0 Å². The monoisotopic (exact) mass is 407 g/mol. The van der Waals surface area contributed by atoms with E-state index in [0.717, 1.165) is 40.9 Å². The fraction of sp³-hybridized carbons (Fsp3) is 0.318. The Morgan fingerprint density at radius 3 is 2.79 bits per heavy atom. The first-order chi connectivity index (χ1) is 13.9. The minimum atomic E-state index is -3.47. The van der Waals surface area contributed by atoms with E-state index in [0.29, 0.717) is 12.8 Å². The van der Waals surface area contributed by atoms with E-state index < -0.39 is 10.0 Å². The van der Waals surface area contributed by atoms with Crippen LogP contribution < -0.4 is 4.72 Å². The zero-order chi connectivity index (χ0) is 20.6. The third-order valence-corrected chi connectivity index (χ3v) is 6.56. The second-order valence-electron chi connectivity index (χ2n) is 7.42. The maximum absolute atomic E-state index is 12.3. The summed E-state index contributed by atoms with van der Waals surface area (Å²) < 4.78 is 26.2. The lowest BCUT2D eigenvalue weighted by molar-refractivity contribution is -0.119. The zero-order valence-corrected chi connectivity index (χ0v) is 16.9. The molecule has 4 rings (SSSR count). The van der Waals surface area contributed by atoms with Gasteiger partial charge in [-0.1, -0.05) is 18.2 Å².